The van der Waals surface area contributed by atoms with E-state index in [0.29, 0.717) is 22.8 Å². The summed E-state index contributed by atoms with van der Waals surface area (Å²) in [6, 6.07) is 3.25. The lowest BCUT2D eigenvalue weighted by Crippen LogP contribution is -2.25. The Labute approximate surface area is 135 Å². The maximum absolute atomic E-state index is 11.4. The van der Waals surface area contributed by atoms with Crippen molar-refractivity contribution in [3.8, 4) is 17.2 Å². The third kappa shape index (κ3) is 4.77. The van der Waals surface area contributed by atoms with Crippen molar-refractivity contribution in [3.63, 3.8) is 0 Å². The van der Waals surface area contributed by atoms with Crippen LogP contribution < -0.4 is 14.2 Å². The topological polar surface area (TPSA) is 80.3 Å². The molecule has 0 unspecified atom stereocenters. The van der Waals surface area contributed by atoms with Crippen LogP contribution in [0.25, 0.3) is 0 Å². The molecule has 0 saturated carbocycles. The van der Waals surface area contributed by atoms with Gasteiger partial charge in [-0.3, -0.25) is 9.59 Å². The summed E-state index contributed by atoms with van der Waals surface area (Å²) in [5.74, 6) is 0.345. The van der Waals surface area contributed by atoms with E-state index in [0.717, 1.165) is 0 Å². The van der Waals surface area contributed by atoms with Crippen LogP contribution in [-0.4, -0.2) is 39.4 Å². The monoisotopic (exact) mass is 326 g/mol. The Hall–Kier alpha value is -2.44. The lowest BCUT2D eigenvalue weighted by molar-refractivity contribution is -0.164. The summed E-state index contributed by atoms with van der Waals surface area (Å²) in [5, 5.41) is 0. The van der Waals surface area contributed by atoms with Gasteiger partial charge < -0.3 is 23.7 Å². The first-order valence-corrected chi connectivity index (χ1v) is 6.98. The Balaban J connectivity index is 3.37. The van der Waals surface area contributed by atoms with E-state index < -0.39 is 24.1 Å². The molecule has 2 atom stereocenters. The SMILES string of the molecule is COc1cc(OC)c([C@H](OC(C)=O)[C@H](C)OC(C)=O)cc1OC. The molecule has 0 bridgehead atoms. The van der Waals surface area contributed by atoms with E-state index in [1.165, 1.54) is 35.2 Å². The third-order valence-electron chi connectivity index (χ3n) is 3.11. The van der Waals surface area contributed by atoms with Crippen molar-refractivity contribution in [3.05, 3.63) is 17.7 Å². The van der Waals surface area contributed by atoms with Gasteiger partial charge in [0.2, 0.25) is 0 Å². The van der Waals surface area contributed by atoms with E-state index in [2.05, 4.69) is 0 Å². The van der Waals surface area contributed by atoms with E-state index >= 15 is 0 Å². The van der Waals surface area contributed by atoms with Crippen molar-refractivity contribution in [2.45, 2.75) is 33.0 Å². The van der Waals surface area contributed by atoms with Crippen LogP contribution in [0.3, 0.4) is 0 Å². The fraction of sp³-hybridized carbons (Fsp3) is 0.500. The van der Waals surface area contributed by atoms with Crippen LogP contribution in [-0.2, 0) is 19.1 Å². The van der Waals surface area contributed by atoms with Crippen LogP contribution in [0.4, 0.5) is 0 Å². The van der Waals surface area contributed by atoms with E-state index in [1.807, 2.05) is 0 Å². The van der Waals surface area contributed by atoms with Crippen molar-refractivity contribution in [1.29, 1.82) is 0 Å². The summed E-state index contributed by atoms with van der Waals surface area (Å²) in [7, 11) is 4.47. The molecule has 0 amide bonds. The van der Waals surface area contributed by atoms with Crippen LogP contribution >= 0.6 is 0 Å². The number of esters is 2. The Morgan fingerprint density at radius 3 is 1.74 bits per heavy atom. The van der Waals surface area contributed by atoms with E-state index in [1.54, 1.807) is 19.1 Å². The molecule has 0 radical (unpaired) electrons. The van der Waals surface area contributed by atoms with Gasteiger partial charge in [-0.05, 0) is 13.0 Å². The van der Waals surface area contributed by atoms with Gasteiger partial charge in [-0.15, -0.1) is 0 Å². The molecule has 128 valence electrons. The van der Waals surface area contributed by atoms with Gasteiger partial charge in [-0.1, -0.05) is 0 Å². The van der Waals surface area contributed by atoms with Gasteiger partial charge in [-0.25, -0.2) is 0 Å². The van der Waals surface area contributed by atoms with Gasteiger partial charge >= 0.3 is 11.9 Å². The van der Waals surface area contributed by atoms with Gasteiger partial charge in [0.15, 0.2) is 17.6 Å². The summed E-state index contributed by atoms with van der Waals surface area (Å²) >= 11 is 0. The van der Waals surface area contributed by atoms with Crippen molar-refractivity contribution < 1.29 is 33.3 Å². The third-order valence-corrected chi connectivity index (χ3v) is 3.11. The minimum absolute atomic E-state index is 0.424. The molecule has 0 spiro atoms. The van der Waals surface area contributed by atoms with Gasteiger partial charge in [0.05, 0.1) is 21.3 Å². The predicted molar refractivity (Wildman–Crippen MR) is 81.8 cm³/mol. The summed E-state index contributed by atoms with van der Waals surface area (Å²) < 4.78 is 26.3. The molecule has 0 heterocycles. The molecule has 0 saturated heterocycles. The Morgan fingerprint density at radius 1 is 0.826 bits per heavy atom. The van der Waals surface area contributed by atoms with Crippen molar-refractivity contribution in [2.24, 2.45) is 0 Å². The number of benzene rings is 1. The van der Waals surface area contributed by atoms with Crippen LogP contribution in [0.15, 0.2) is 12.1 Å². The molecule has 0 aliphatic carbocycles. The average Bonchev–Trinajstić information content (AvgIpc) is 2.50. The Kier molecular flexibility index (Phi) is 6.68. The molecule has 1 aromatic rings. The van der Waals surface area contributed by atoms with Crippen LogP contribution in [0.5, 0.6) is 17.2 Å². The summed E-state index contributed by atoms with van der Waals surface area (Å²) in [5.41, 5.74) is 0.508. The highest BCUT2D eigenvalue weighted by molar-refractivity contribution is 5.68. The number of carbonyl (C=O) groups excluding carboxylic acids is 2. The molecule has 7 nitrogen and oxygen atoms in total. The lowest BCUT2D eigenvalue weighted by atomic mass is 10.0. The zero-order valence-electron chi connectivity index (χ0n) is 14.2. The van der Waals surface area contributed by atoms with Crippen LogP contribution in [0.1, 0.15) is 32.4 Å². The fourth-order valence-electron chi connectivity index (χ4n) is 2.19. The molecule has 1 aromatic carbocycles. The molecular weight excluding hydrogens is 304 g/mol. The Morgan fingerprint density at radius 2 is 1.30 bits per heavy atom. The predicted octanol–water partition coefficient (Wildman–Crippen LogP) is 2.27. The molecular formula is C16H22O7. The number of methoxy groups -OCH3 is 3. The van der Waals surface area contributed by atoms with Crippen molar-refractivity contribution in [2.75, 3.05) is 21.3 Å². The van der Waals surface area contributed by atoms with E-state index in [4.69, 9.17) is 23.7 Å². The quantitative estimate of drug-likeness (QED) is 0.711. The highest BCUT2D eigenvalue weighted by atomic mass is 16.6. The summed E-state index contributed by atoms with van der Waals surface area (Å²) in [6.45, 7) is 4.19. The number of carbonyl (C=O) groups is 2. The maximum Gasteiger partial charge on any atom is 0.303 e. The molecule has 0 aliphatic heterocycles. The van der Waals surface area contributed by atoms with Gasteiger partial charge in [0, 0.05) is 25.5 Å². The Bertz CT molecular complexity index is 568. The summed E-state index contributed by atoms with van der Waals surface area (Å²) in [4.78, 5) is 22.7. The molecule has 0 aliphatic rings. The molecule has 7 heteroatoms. The highest BCUT2D eigenvalue weighted by Crippen LogP contribution is 2.40. The van der Waals surface area contributed by atoms with E-state index in [-0.39, 0.29) is 0 Å². The average molecular weight is 326 g/mol. The number of rotatable bonds is 7. The largest absolute Gasteiger partial charge is 0.496 e. The maximum atomic E-state index is 11.4. The smallest absolute Gasteiger partial charge is 0.303 e. The van der Waals surface area contributed by atoms with Gasteiger partial charge in [0.1, 0.15) is 11.9 Å². The molecule has 0 N–H and O–H groups in total. The van der Waals surface area contributed by atoms with Crippen LogP contribution in [0, 0.1) is 0 Å². The van der Waals surface area contributed by atoms with Crippen molar-refractivity contribution in [1.82, 2.24) is 0 Å². The lowest BCUT2D eigenvalue weighted by Gasteiger charge is -2.26. The zero-order chi connectivity index (χ0) is 17.6. The molecule has 0 aromatic heterocycles. The molecule has 1 rings (SSSR count). The zero-order valence-corrected chi connectivity index (χ0v) is 14.2. The first kappa shape index (κ1) is 18.6. The number of hydrogen-bond donors (Lipinski definition) is 0. The minimum Gasteiger partial charge on any atom is -0.496 e. The second-order valence-corrected chi connectivity index (χ2v) is 4.79. The first-order valence-electron chi connectivity index (χ1n) is 6.98. The highest BCUT2D eigenvalue weighted by Gasteiger charge is 2.29. The molecule has 23 heavy (non-hydrogen) atoms. The second-order valence-electron chi connectivity index (χ2n) is 4.79. The van der Waals surface area contributed by atoms with E-state index in [9.17, 15) is 9.59 Å². The standard InChI is InChI=1S/C16H22O7/c1-9(22-10(2)17)16(23-11(3)18)12-7-14(20-5)15(21-6)8-13(12)19-4/h7-9,16H,1-6H3/t9-,16+/m0/s1. The second kappa shape index (κ2) is 8.26. The van der Waals surface area contributed by atoms with Gasteiger partial charge in [0.25, 0.3) is 0 Å². The normalized spacial score (nSPS) is 12.8. The minimum atomic E-state index is -0.842. The number of hydrogen-bond acceptors (Lipinski definition) is 7. The summed E-state index contributed by atoms with van der Waals surface area (Å²) in [6.07, 6.45) is -1.55. The fourth-order valence-corrected chi connectivity index (χ4v) is 2.19. The van der Waals surface area contributed by atoms with Crippen LogP contribution in [0.2, 0.25) is 0 Å². The van der Waals surface area contributed by atoms with Gasteiger partial charge in [-0.2, -0.15) is 0 Å². The molecule has 0 fully saturated rings. The van der Waals surface area contributed by atoms with Crippen molar-refractivity contribution >= 4 is 11.9 Å². The first-order chi connectivity index (χ1) is 10.8. The number of ether oxygens (including phenoxy) is 5.